The van der Waals surface area contributed by atoms with E-state index in [0.29, 0.717) is 67.1 Å². The number of methoxy groups -OCH3 is 2. The fourth-order valence-electron chi connectivity index (χ4n) is 9.82. The predicted octanol–water partition coefficient (Wildman–Crippen LogP) is 6.86. The summed E-state index contributed by atoms with van der Waals surface area (Å²) in [4.78, 5) is 63.0. The first-order valence-corrected chi connectivity index (χ1v) is 31.5. The van der Waals surface area contributed by atoms with Gasteiger partial charge in [-0.05, 0) is 151 Å². The van der Waals surface area contributed by atoms with E-state index in [0.717, 1.165) is 63.5 Å². The van der Waals surface area contributed by atoms with Crippen molar-refractivity contribution in [1.82, 2.24) is 37.4 Å². The van der Waals surface area contributed by atoms with E-state index in [1.165, 1.54) is 22.0 Å². The number of anilines is 2. The average Bonchev–Trinajstić information content (AvgIpc) is 4.47. The van der Waals surface area contributed by atoms with E-state index in [1.54, 1.807) is 37.2 Å². The second-order valence-corrected chi connectivity index (χ2v) is 28.0. The molecule has 5 N–H and O–H groups in total. The molecule has 78 heavy (non-hydrogen) atoms. The summed E-state index contributed by atoms with van der Waals surface area (Å²) in [5, 5.41) is 37.2. The number of aliphatic hydroxyl groups excluding tert-OH is 3. The quantitative estimate of drug-likeness (QED) is 0.0552. The number of hydrogen-bond acceptors (Lipinski definition) is 15. The average molecular weight is 1230 g/mol. The van der Waals surface area contributed by atoms with Gasteiger partial charge in [0, 0.05) is 26.3 Å². The standard InChI is InChI=1S/C28H42BrN5O5Si.C22H28BrN5O5.C4H8O/c1-8-32-25(36)23-24(33(27(32)37)14-15-39-40(6,7)28(2,3)4)31-26(30-20-10-9-11-21(20)35)34(23)17-18-12-13-22(38-5)19(29)16-18;1-3-26-20(31)18-19(27(9-10-29)22(26)32)25-21(24-15-5-4-6-16(15)30)28(18)12-13-7-8-17(33-2)14(23)11-13;1-2-4-5-3-1/h12-13,16,20-21,35H,8-11,14-15,17H2,1-7H3,(H,30,31);7-8,11,15-16,29-30H,3-6,9-10,12H2,1-2H3,(H,24,25);1-4H2/t20-,21-;15-,16-;/m11./s1. The molecular weight excluding hydrogens is 1150 g/mol. The molecule has 9 rings (SSSR count). The molecule has 0 radical (unpaired) electrons. The monoisotopic (exact) mass is 1230 g/mol. The molecule has 3 aliphatic rings. The highest BCUT2D eigenvalue weighted by molar-refractivity contribution is 9.11. The van der Waals surface area contributed by atoms with Crippen LogP contribution in [0, 0.1) is 0 Å². The molecule has 428 valence electrons. The van der Waals surface area contributed by atoms with Crippen LogP contribution in [-0.2, 0) is 48.4 Å². The van der Waals surface area contributed by atoms with Gasteiger partial charge in [0.05, 0.1) is 86.8 Å². The predicted molar refractivity (Wildman–Crippen MR) is 312 cm³/mol. The number of nitrogens with zero attached hydrogens (tertiary/aromatic N) is 8. The molecule has 0 spiro atoms. The highest BCUT2D eigenvalue weighted by atomic mass is 79.9. The Morgan fingerprint density at radius 1 is 0.667 bits per heavy atom. The molecule has 4 atom stereocenters. The normalized spacial score (nSPS) is 18.5. The third kappa shape index (κ3) is 13.4. The van der Waals surface area contributed by atoms with Crippen molar-refractivity contribution in [2.75, 3.05) is 51.3 Å². The molecule has 5 heterocycles. The zero-order valence-corrected chi connectivity index (χ0v) is 50.6. The molecule has 0 amide bonds. The summed E-state index contributed by atoms with van der Waals surface area (Å²) < 4.78 is 32.5. The Morgan fingerprint density at radius 2 is 1.10 bits per heavy atom. The fraction of sp³-hybridized carbons (Fsp3) is 0.593. The lowest BCUT2D eigenvalue weighted by molar-refractivity contribution is 0.171. The lowest BCUT2D eigenvalue weighted by Crippen LogP contribution is -2.43. The molecule has 1 saturated heterocycles. The first-order valence-electron chi connectivity index (χ1n) is 27.0. The molecule has 1 aliphatic heterocycles. The second kappa shape index (κ2) is 26.5. The van der Waals surface area contributed by atoms with Gasteiger partial charge in [-0.2, -0.15) is 9.97 Å². The molecule has 6 aromatic rings. The van der Waals surface area contributed by atoms with E-state index in [1.807, 2.05) is 41.0 Å². The van der Waals surface area contributed by atoms with E-state index >= 15 is 0 Å². The Balaban J connectivity index is 0.000000210. The molecule has 2 saturated carbocycles. The van der Waals surface area contributed by atoms with Crippen LogP contribution in [0.4, 0.5) is 11.9 Å². The minimum Gasteiger partial charge on any atom is -0.496 e. The van der Waals surface area contributed by atoms with Crippen molar-refractivity contribution in [2.45, 2.75) is 168 Å². The summed E-state index contributed by atoms with van der Waals surface area (Å²) in [6.07, 6.45) is 6.32. The van der Waals surface area contributed by atoms with Crippen molar-refractivity contribution >= 4 is 74.4 Å². The second-order valence-electron chi connectivity index (χ2n) is 21.4. The van der Waals surface area contributed by atoms with Gasteiger partial charge >= 0.3 is 11.4 Å². The van der Waals surface area contributed by atoms with Crippen molar-refractivity contribution in [3.05, 3.63) is 98.1 Å². The third-order valence-corrected chi connectivity index (χ3v) is 21.1. The van der Waals surface area contributed by atoms with Crippen molar-refractivity contribution in [3.63, 3.8) is 0 Å². The van der Waals surface area contributed by atoms with E-state index in [4.69, 9.17) is 23.6 Å². The maximum Gasteiger partial charge on any atom is 0.332 e. The van der Waals surface area contributed by atoms with Gasteiger partial charge in [0.15, 0.2) is 30.6 Å². The van der Waals surface area contributed by atoms with Gasteiger partial charge < -0.3 is 44.6 Å². The number of benzene rings is 2. The van der Waals surface area contributed by atoms with Gasteiger partial charge in [0.25, 0.3) is 11.1 Å². The number of aliphatic hydroxyl groups is 3. The number of ether oxygens (including phenoxy) is 3. The molecule has 24 heteroatoms. The Bertz CT molecular complexity index is 3280. The number of rotatable bonds is 18. The van der Waals surface area contributed by atoms with Crippen LogP contribution in [0.25, 0.3) is 22.3 Å². The highest BCUT2D eigenvalue weighted by Gasteiger charge is 2.37. The van der Waals surface area contributed by atoms with Crippen LogP contribution in [0.5, 0.6) is 11.5 Å². The van der Waals surface area contributed by atoms with Crippen LogP contribution in [0.15, 0.2) is 64.5 Å². The molecule has 21 nitrogen and oxygen atoms in total. The van der Waals surface area contributed by atoms with Gasteiger partial charge in [0.2, 0.25) is 11.9 Å². The molecule has 2 aromatic carbocycles. The zero-order valence-electron chi connectivity index (χ0n) is 46.4. The van der Waals surface area contributed by atoms with E-state index < -0.39 is 37.5 Å². The van der Waals surface area contributed by atoms with Crippen molar-refractivity contribution < 1.29 is 34.0 Å². The van der Waals surface area contributed by atoms with Crippen LogP contribution in [0.3, 0.4) is 0 Å². The molecule has 0 bridgehead atoms. The summed E-state index contributed by atoms with van der Waals surface area (Å²) >= 11 is 7.05. The summed E-state index contributed by atoms with van der Waals surface area (Å²) in [5.74, 6) is 2.25. The summed E-state index contributed by atoms with van der Waals surface area (Å²) in [6.45, 7) is 17.9. The highest BCUT2D eigenvalue weighted by Crippen LogP contribution is 2.37. The van der Waals surface area contributed by atoms with Crippen molar-refractivity contribution in [2.24, 2.45) is 0 Å². The van der Waals surface area contributed by atoms with E-state index in [2.05, 4.69) is 81.3 Å². The van der Waals surface area contributed by atoms with Crippen molar-refractivity contribution in [3.8, 4) is 11.5 Å². The van der Waals surface area contributed by atoms with Crippen LogP contribution in [0.2, 0.25) is 18.1 Å². The number of fused-ring (bicyclic) bond motifs is 2. The molecular formula is C54H78Br2N10O11Si. The van der Waals surface area contributed by atoms with Gasteiger partial charge in [0.1, 0.15) is 11.5 Å². The maximum atomic E-state index is 13.7. The lowest BCUT2D eigenvalue weighted by atomic mass is 10.2. The minimum atomic E-state index is -2.04. The Labute approximate surface area is 471 Å². The lowest BCUT2D eigenvalue weighted by Gasteiger charge is -2.36. The molecule has 3 fully saturated rings. The van der Waals surface area contributed by atoms with Crippen LogP contribution in [0.1, 0.15) is 97.1 Å². The molecule has 4 aromatic heterocycles. The van der Waals surface area contributed by atoms with Crippen molar-refractivity contribution in [1.29, 1.82) is 0 Å². The van der Waals surface area contributed by atoms with Crippen LogP contribution in [-0.4, -0.2) is 126 Å². The number of nitrogens with one attached hydrogen (secondary N) is 2. The Hall–Kier alpha value is -5.08. The third-order valence-electron chi connectivity index (χ3n) is 15.3. The number of hydrogen-bond donors (Lipinski definition) is 5. The van der Waals surface area contributed by atoms with Crippen LogP contribution < -0.4 is 42.6 Å². The molecule has 2 aliphatic carbocycles. The SMILES string of the molecule is C1CCOC1.CCn1c(=O)c2c(nc(N[C@@H]3CCC[C@H]3O)n2Cc2ccc(OC)c(Br)c2)n(CCO)c1=O.CCn1c(=O)c2c(nc(N[C@@H]3CCC[C@H]3O)n2Cc2ccc(OC)c(Br)c2)n(CCO[Si](C)(C)C(C)(C)C)c1=O. The first kappa shape index (κ1) is 60.6. The summed E-state index contributed by atoms with van der Waals surface area (Å²) in [7, 11) is 1.16. The first-order chi connectivity index (χ1) is 37.2. The summed E-state index contributed by atoms with van der Waals surface area (Å²) in [6, 6.07) is 11.0. The van der Waals surface area contributed by atoms with E-state index in [-0.39, 0.29) is 66.6 Å². The minimum absolute atomic E-state index is 0.0200. The molecule has 0 unspecified atom stereocenters. The zero-order chi connectivity index (χ0) is 56.6. The van der Waals surface area contributed by atoms with E-state index in [9.17, 15) is 34.5 Å². The Kier molecular flexibility index (Phi) is 20.5. The van der Waals surface area contributed by atoms with Gasteiger partial charge in [-0.1, -0.05) is 32.9 Å². The topological polar surface area (TPSA) is 245 Å². The number of aromatic nitrogens is 8. The van der Waals surface area contributed by atoms with Gasteiger partial charge in [-0.3, -0.25) is 37.0 Å². The maximum absolute atomic E-state index is 13.7. The largest absolute Gasteiger partial charge is 0.496 e. The summed E-state index contributed by atoms with van der Waals surface area (Å²) in [5.41, 5.74) is 1.23. The smallest absolute Gasteiger partial charge is 0.332 e. The Morgan fingerprint density at radius 3 is 1.44 bits per heavy atom. The van der Waals surface area contributed by atoms with Gasteiger partial charge in [-0.15, -0.1) is 0 Å². The van der Waals surface area contributed by atoms with Gasteiger partial charge in [-0.25, -0.2) is 9.59 Å². The number of halogens is 2. The number of imidazole rings is 2. The fourth-order valence-corrected chi connectivity index (χ4v) is 12.0. The van der Waals surface area contributed by atoms with Crippen LogP contribution >= 0.6 is 31.9 Å².